The van der Waals surface area contributed by atoms with E-state index in [2.05, 4.69) is 10.2 Å². The maximum atomic E-state index is 13.8. The van der Waals surface area contributed by atoms with E-state index in [0.29, 0.717) is 31.3 Å². The largest absolute Gasteiger partial charge is 0.367 e. The summed E-state index contributed by atoms with van der Waals surface area (Å²) < 4.78 is 59.5. The third-order valence-electron chi connectivity index (χ3n) is 7.68. The maximum Gasteiger partial charge on any atom is 0.246 e. The minimum absolute atomic E-state index is 0.0415. The van der Waals surface area contributed by atoms with Gasteiger partial charge in [0.25, 0.3) is 0 Å². The van der Waals surface area contributed by atoms with Crippen molar-refractivity contribution in [2.24, 2.45) is 11.8 Å². The van der Waals surface area contributed by atoms with Crippen LogP contribution in [-0.4, -0.2) is 70.0 Å². The Labute approximate surface area is 224 Å². The van der Waals surface area contributed by atoms with Gasteiger partial charge in [-0.15, -0.1) is 0 Å². The SMILES string of the molecule is CN(C)C(c1cccc(F)c1)C1CCC(CNC(=O)COC2CCN(S(=O)(=O)c3ccc(F)cc3)C2)CC1. The molecule has 2 aromatic rings. The van der Waals surface area contributed by atoms with Crippen molar-refractivity contribution in [2.75, 3.05) is 40.3 Å². The summed E-state index contributed by atoms with van der Waals surface area (Å²) in [6, 6.07) is 11.8. The van der Waals surface area contributed by atoms with Gasteiger partial charge < -0.3 is 15.0 Å². The van der Waals surface area contributed by atoms with Crippen LogP contribution in [0.15, 0.2) is 53.4 Å². The first-order valence-corrected chi connectivity index (χ1v) is 14.6. The Balaban J connectivity index is 1.18. The average molecular weight is 550 g/mol. The van der Waals surface area contributed by atoms with Crippen molar-refractivity contribution in [3.05, 3.63) is 65.7 Å². The van der Waals surface area contributed by atoms with E-state index in [-0.39, 0.29) is 41.9 Å². The topological polar surface area (TPSA) is 79.0 Å². The molecule has 208 valence electrons. The van der Waals surface area contributed by atoms with E-state index < -0.39 is 15.8 Å². The molecule has 0 spiro atoms. The van der Waals surface area contributed by atoms with Gasteiger partial charge in [-0.25, -0.2) is 17.2 Å². The van der Waals surface area contributed by atoms with E-state index >= 15 is 0 Å². The number of halogens is 2. The van der Waals surface area contributed by atoms with Crippen molar-refractivity contribution in [1.82, 2.24) is 14.5 Å². The van der Waals surface area contributed by atoms with Gasteiger partial charge in [0, 0.05) is 25.7 Å². The second-order valence-corrected chi connectivity index (χ2v) is 12.5. The smallest absolute Gasteiger partial charge is 0.246 e. The van der Waals surface area contributed by atoms with E-state index in [1.54, 1.807) is 12.1 Å². The molecule has 1 aliphatic heterocycles. The summed E-state index contributed by atoms with van der Waals surface area (Å²) in [5.41, 5.74) is 1.000. The van der Waals surface area contributed by atoms with Gasteiger partial charge in [0.15, 0.2) is 0 Å². The molecule has 1 aliphatic carbocycles. The van der Waals surface area contributed by atoms with E-state index in [9.17, 15) is 22.0 Å². The summed E-state index contributed by atoms with van der Waals surface area (Å²) >= 11 is 0. The Bertz CT molecular complexity index is 1180. The van der Waals surface area contributed by atoms with Crippen LogP contribution in [0.1, 0.15) is 43.7 Å². The van der Waals surface area contributed by atoms with Crippen LogP contribution in [0.2, 0.25) is 0 Å². The van der Waals surface area contributed by atoms with Crippen LogP contribution in [0, 0.1) is 23.5 Å². The number of hydrogen-bond donors (Lipinski definition) is 1. The molecule has 38 heavy (non-hydrogen) atoms. The maximum absolute atomic E-state index is 13.8. The van der Waals surface area contributed by atoms with Crippen molar-refractivity contribution < 1.29 is 26.7 Å². The van der Waals surface area contributed by atoms with Crippen LogP contribution < -0.4 is 5.32 Å². The lowest BCUT2D eigenvalue weighted by Crippen LogP contribution is -2.37. The number of ether oxygens (including phenoxy) is 1. The van der Waals surface area contributed by atoms with Gasteiger partial charge in [-0.3, -0.25) is 4.79 Å². The molecule has 1 saturated carbocycles. The highest BCUT2D eigenvalue weighted by molar-refractivity contribution is 7.89. The third-order valence-corrected chi connectivity index (χ3v) is 9.56. The Morgan fingerprint density at radius 1 is 1.05 bits per heavy atom. The van der Waals surface area contributed by atoms with Gasteiger partial charge in [0.2, 0.25) is 15.9 Å². The molecule has 1 saturated heterocycles. The van der Waals surface area contributed by atoms with Gasteiger partial charge in [-0.2, -0.15) is 4.31 Å². The number of nitrogens with one attached hydrogen (secondary N) is 1. The van der Waals surface area contributed by atoms with Crippen molar-refractivity contribution in [1.29, 1.82) is 0 Å². The van der Waals surface area contributed by atoms with Gasteiger partial charge in [0.05, 0.1) is 11.0 Å². The fourth-order valence-corrected chi connectivity index (χ4v) is 7.19. The molecule has 2 fully saturated rings. The summed E-state index contributed by atoms with van der Waals surface area (Å²) in [6.45, 7) is 0.915. The highest BCUT2D eigenvalue weighted by atomic mass is 32.2. The van der Waals surface area contributed by atoms with Gasteiger partial charge in [0.1, 0.15) is 18.2 Å². The Kier molecular flexibility index (Phi) is 9.51. The monoisotopic (exact) mass is 549 g/mol. The van der Waals surface area contributed by atoms with E-state index in [1.165, 1.54) is 22.5 Å². The summed E-state index contributed by atoms with van der Waals surface area (Å²) in [7, 11) is 0.339. The number of benzene rings is 2. The number of amides is 1. The van der Waals surface area contributed by atoms with Gasteiger partial charge >= 0.3 is 0 Å². The number of carbonyl (C=O) groups is 1. The number of hydrogen-bond acceptors (Lipinski definition) is 5. The van der Waals surface area contributed by atoms with Gasteiger partial charge in [-0.1, -0.05) is 12.1 Å². The summed E-state index contributed by atoms with van der Waals surface area (Å²) in [5, 5.41) is 2.96. The molecule has 0 aromatic heterocycles. The molecule has 0 radical (unpaired) electrons. The Morgan fingerprint density at radius 2 is 1.76 bits per heavy atom. The fraction of sp³-hybridized carbons (Fsp3) is 0.536. The third kappa shape index (κ3) is 7.16. The molecule has 10 heteroatoms. The second kappa shape index (κ2) is 12.6. The Hall–Kier alpha value is -2.40. The molecule has 2 aromatic carbocycles. The molecule has 2 unspecified atom stereocenters. The zero-order chi connectivity index (χ0) is 27.3. The molecular formula is C28H37F2N3O4S. The number of rotatable bonds is 10. The lowest BCUT2D eigenvalue weighted by atomic mass is 9.76. The predicted molar refractivity (Wildman–Crippen MR) is 141 cm³/mol. The lowest BCUT2D eigenvalue weighted by molar-refractivity contribution is -0.127. The standard InChI is InChI=1S/C28H37F2N3O4S/c1-32(2)28(22-4-3-5-24(30)16-22)21-8-6-20(7-9-21)17-31-27(34)19-37-25-14-15-33(18-25)38(35,36)26-12-10-23(29)11-13-26/h3-5,10-13,16,20-21,25,28H,6-9,14-15,17-19H2,1-2H3,(H,31,34). The Morgan fingerprint density at radius 3 is 2.42 bits per heavy atom. The van der Waals surface area contributed by atoms with Crippen LogP contribution in [0.5, 0.6) is 0 Å². The van der Waals surface area contributed by atoms with Crippen LogP contribution in [0.3, 0.4) is 0 Å². The van der Waals surface area contributed by atoms with Crippen molar-refractivity contribution in [3.63, 3.8) is 0 Å². The normalized spacial score (nSPS) is 23.4. The quantitative estimate of drug-likeness (QED) is 0.485. The first-order chi connectivity index (χ1) is 18.1. The van der Waals surface area contributed by atoms with E-state index in [1.807, 2.05) is 20.2 Å². The van der Waals surface area contributed by atoms with Gasteiger partial charge in [-0.05, 0) is 100.0 Å². The fourth-order valence-electron chi connectivity index (χ4n) is 5.70. The minimum Gasteiger partial charge on any atom is -0.367 e. The highest BCUT2D eigenvalue weighted by Crippen LogP contribution is 2.39. The number of sulfonamides is 1. The second-order valence-electron chi connectivity index (χ2n) is 10.6. The van der Waals surface area contributed by atoms with E-state index in [4.69, 9.17) is 4.74 Å². The van der Waals surface area contributed by atoms with Crippen molar-refractivity contribution in [2.45, 2.75) is 49.1 Å². The molecular weight excluding hydrogens is 512 g/mol. The molecule has 1 amide bonds. The van der Waals surface area contributed by atoms with Crippen LogP contribution in [0.4, 0.5) is 8.78 Å². The van der Waals surface area contributed by atoms with Crippen LogP contribution >= 0.6 is 0 Å². The first-order valence-electron chi connectivity index (χ1n) is 13.2. The molecule has 7 nitrogen and oxygen atoms in total. The molecule has 1 heterocycles. The number of nitrogens with zero attached hydrogens (tertiary/aromatic N) is 2. The zero-order valence-corrected chi connectivity index (χ0v) is 22.8. The molecule has 2 aliphatic rings. The minimum atomic E-state index is -3.72. The molecule has 4 rings (SSSR count). The summed E-state index contributed by atoms with van der Waals surface area (Å²) in [6.07, 6.45) is 4.13. The van der Waals surface area contributed by atoms with Crippen molar-refractivity contribution >= 4 is 15.9 Å². The summed E-state index contributed by atoms with van der Waals surface area (Å²) in [4.78, 5) is 14.6. The number of carbonyl (C=O) groups excluding carboxylic acids is 1. The molecule has 0 bridgehead atoms. The highest BCUT2D eigenvalue weighted by Gasteiger charge is 2.34. The lowest BCUT2D eigenvalue weighted by Gasteiger charge is -2.37. The summed E-state index contributed by atoms with van der Waals surface area (Å²) in [5.74, 6) is -0.107. The predicted octanol–water partition coefficient (Wildman–Crippen LogP) is 3.97. The van der Waals surface area contributed by atoms with E-state index in [0.717, 1.165) is 43.4 Å². The molecule has 2 atom stereocenters. The first kappa shape index (κ1) is 28.6. The van der Waals surface area contributed by atoms with Crippen molar-refractivity contribution in [3.8, 4) is 0 Å². The zero-order valence-electron chi connectivity index (χ0n) is 22.0. The molecule has 1 N–H and O–H groups in total. The average Bonchev–Trinajstić information content (AvgIpc) is 3.37. The van der Waals surface area contributed by atoms with Crippen LogP contribution in [0.25, 0.3) is 0 Å². The van der Waals surface area contributed by atoms with Crippen LogP contribution in [-0.2, 0) is 19.6 Å².